The number of carboxylic acid groups (broad SMARTS) is 1. The summed E-state index contributed by atoms with van der Waals surface area (Å²) in [4.78, 5) is 13.2. The van der Waals surface area contributed by atoms with Crippen molar-refractivity contribution in [1.29, 1.82) is 0 Å². The molecule has 3 aromatic carbocycles. The zero-order chi connectivity index (χ0) is 23.8. The van der Waals surface area contributed by atoms with E-state index in [2.05, 4.69) is 30.3 Å². The summed E-state index contributed by atoms with van der Waals surface area (Å²) in [5, 5.41) is 11.6. The van der Waals surface area contributed by atoms with Crippen LogP contribution in [0.15, 0.2) is 66.7 Å². The van der Waals surface area contributed by atoms with E-state index < -0.39 is 5.97 Å². The molecule has 1 aliphatic heterocycles. The maximum absolute atomic E-state index is 11.3. The number of aliphatic carboxylic acids is 1. The van der Waals surface area contributed by atoms with Crippen LogP contribution < -0.4 is 4.74 Å². The molecule has 0 radical (unpaired) electrons. The number of nitrogens with zero attached hydrogens (tertiary/aromatic N) is 1. The monoisotopic (exact) mass is 463 g/mol. The summed E-state index contributed by atoms with van der Waals surface area (Å²) in [5.74, 6) is 0.249. The molecule has 1 N–H and O–H groups in total. The first-order valence-corrected chi connectivity index (χ1v) is 12.0. The van der Waals surface area contributed by atoms with Crippen molar-refractivity contribution >= 4 is 16.7 Å². The van der Waals surface area contributed by atoms with Gasteiger partial charge in [0, 0.05) is 12.5 Å². The highest BCUT2D eigenvalue weighted by molar-refractivity contribution is 5.87. The highest BCUT2D eigenvalue weighted by atomic mass is 16.7. The zero-order valence-corrected chi connectivity index (χ0v) is 19.7. The smallest absolute Gasteiger partial charge is 0.317 e. The van der Waals surface area contributed by atoms with Gasteiger partial charge in [-0.2, -0.15) is 0 Å². The van der Waals surface area contributed by atoms with E-state index >= 15 is 0 Å². The number of benzene rings is 3. The molecule has 0 amide bonds. The Hall–Kier alpha value is -2.93. The molecule has 1 saturated heterocycles. The number of carbonyl (C=O) groups is 1. The minimum absolute atomic E-state index is 0.0233. The van der Waals surface area contributed by atoms with Gasteiger partial charge in [0.25, 0.3) is 0 Å². The summed E-state index contributed by atoms with van der Waals surface area (Å²) in [6.07, 6.45) is 1.30. The Morgan fingerprint density at radius 2 is 1.85 bits per heavy atom. The van der Waals surface area contributed by atoms with Gasteiger partial charge in [0.15, 0.2) is 6.29 Å². The molecule has 3 aromatic rings. The van der Waals surface area contributed by atoms with E-state index in [1.807, 2.05) is 48.2 Å². The average Bonchev–Trinajstić information content (AvgIpc) is 2.84. The predicted octanol–water partition coefficient (Wildman–Crippen LogP) is 5.06. The van der Waals surface area contributed by atoms with Crippen LogP contribution in [0.1, 0.15) is 36.8 Å². The lowest BCUT2D eigenvalue weighted by molar-refractivity contribution is -0.190. The lowest BCUT2D eigenvalue weighted by Gasteiger charge is -2.31. The van der Waals surface area contributed by atoms with Gasteiger partial charge in [0.2, 0.25) is 0 Å². The quantitative estimate of drug-likeness (QED) is 0.429. The van der Waals surface area contributed by atoms with E-state index in [9.17, 15) is 9.90 Å². The van der Waals surface area contributed by atoms with Crippen molar-refractivity contribution in [3.05, 3.63) is 77.9 Å². The fourth-order valence-corrected chi connectivity index (χ4v) is 4.52. The van der Waals surface area contributed by atoms with Gasteiger partial charge < -0.3 is 19.3 Å². The molecule has 6 heteroatoms. The molecule has 1 aliphatic rings. The SMILES string of the molecule is CCOc1ccc2c(C3COC(CCCN(CC(=O)O)Cc4ccccc4)OC3)cccc2c1. The van der Waals surface area contributed by atoms with Crippen molar-refractivity contribution < 1.29 is 24.1 Å². The minimum atomic E-state index is -0.813. The van der Waals surface area contributed by atoms with E-state index in [-0.39, 0.29) is 18.8 Å². The molecular weight excluding hydrogens is 430 g/mol. The minimum Gasteiger partial charge on any atom is -0.494 e. The molecule has 1 heterocycles. The number of rotatable bonds is 11. The largest absolute Gasteiger partial charge is 0.494 e. The van der Waals surface area contributed by atoms with E-state index in [1.54, 1.807) is 0 Å². The number of hydrogen-bond acceptors (Lipinski definition) is 5. The van der Waals surface area contributed by atoms with Crippen molar-refractivity contribution in [2.24, 2.45) is 0 Å². The summed E-state index contributed by atoms with van der Waals surface area (Å²) in [6, 6.07) is 22.5. The Labute approximate surface area is 201 Å². The Kier molecular flexibility index (Phi) is 8.52. The van der Waals surface area contributed by atoms with E-state index in [0.29, 0.717) is 32.9 Å². The van der Waals surface area contributed by atoms with Gasteiger partial charge in [-0.3, -0.25) is 9.69 Å². The predicted molar refractivity (Wildman–Crippen MR) is 132 cm³/mol. The van der Waals surface area contributed by atoms with Crippen LogP contribution in [0.25, 0.3) is 10.8 Å². The van der Waals surface area contributed by atoms with Gasteiger partial charge in [0.05, 0.1) is 26.4 Å². The van der Waals surface area contributed by atoms with Gasteiger partial charge in [-0.05, 0) is 60.3 Å². The molecule has 0 saturated carbocycles. The van der Waals surface area contributed by atoms with Crippen molar-refractivity contribution in [2.45, 2.75) is 38.5 Å². The summed E-state index contributed by atoms with van der Waals surface area (Å²) in [7, 11) is 0. The molecule has 0 aliphatic carbocycles. The zero-order valence-electron chi connectivity index (χ0n) is 19.7. The summed E-state index contributed by atoms with van der Waals surface area (Å²) in [6.45, 7) is 5.18. The Balaban J connectivity index is 1.28. The second-order valence-corrected chi connectivity index (χ2v) is 8.69. The molecule has 180 valence electrons. The third-order valence-electron chi connectivity index (χ3n) is 6.13. The number of ether oxygens (including phenoxy) is 3. The lowest BCUT2D eigenvalue weighted by Crippen LogP contribution is -2.33. The first kappa shape index (κ1) is 24.2. The fourth-order valence-electron chi connectivity index (χ4n) is 4.52. The number of carboxylic acids is 1. The van der Waals surface area contributed by atoms with Crippen LogP contribution in [0, 0.1) is 0 Å². The van der Waals surface area contributed by atoms with Crippen molar-refractivity contribution in [3.8, 4) is 5.75 Å². The molecular formula is C28H33NO5. The molecule has 0 aromatic heterocycles. The molecule has 0 unspecified atom stereocenters. The van der Waals surface area contributed by atoms with Crippen LogP contribution in [-0.2, 0) is 20.8 Å². The lowest BCUT2D eigenvalue weighted by atomic mass is 9.94. The van der Waals surface area contributed by atoms with E-state index in [4.69, 9.17) is 14.2 Å². The molecule has 34 heavy (non-hydrogen) atoms. The molecule has 1 fully saturated rings. The third-order valence-corrected chi connectivity index (χ3v) is 6.13. The average molecular weight is 464 g/mol. The van der Waals surface area contributed by atoms with Gasteiger partial charge in [0.1, 0.15) is 5.75 Å². The Bertz CT molecular complexity index is 1060. The Morgan fingerprint density at radius 1 is 1.06 bits per heavy atom. The second-order valence-electron chi connectivity index (χ2n) is 8.69. The standard InChI is InChI=1S/C28H33NO5/c1-2-32-24-13-14-26-22(16-24)10-6-11-25(26)23-19-33-28(34-20-23)12-7-15-29(18-27(30)31)17-21-8-4-3-5-9-21/h3-6,8-11,13-14,16,23,28H,2,7,12,15,17-20H2,1H3,(H,30,31). The number of hydrogen-bond donors (Lipinski definition) is 1. The van der Waals surface area contributed by atoms with Crippen LogP contribution in [0.2, 0.25) is 0 Å². The molecule has 4 rings (SSSR count). The molecule has 0 spiro atoms. The van der Waals surface area contributed by atoms with Crippen LogP contribution in [-0.4, -0.2) is 55.2 Å². The van der Waals surface area contributed by atoms with Gasteiger partial charge in [-0.1, -0.05) is 54.6 Å². The highest BCUT2D eigenvalue weighted by Crippen LogP contribution is 2.31. The normalized spacial score (nSPS) is 18.3. The van der Waals surface area contributed by atoms with Crippen LogP contribution >= 0.6 is 0 Å². The third kappa shape index (κ3) is 6.56. The summed E-state index contributed by atoms with van der Waals surface area (Å²) < 4.78 is 17.7. The fraction of sp³-hybridized carbons (Fsp3) is 0.393. The van der Waals surface area contributed by atoms with Crippen LogP contribution in [0.3, 0.4) is 0 Å². The van der Waals surface area contributed by atoms with Gasteiger partial charge in [-0.15, -0.1) is 0 Å². The van der Waals surface area contributed by atoms with E-state index in [0.717, 1.165) is 29.5 Å². The first-order chi connectivity index (χ1) is 16.6. The van der Waals surface area contributed by atoms with E-state index in [1.165, 1.54) is 10.9 Å². The second kappa shape index (κ2) is 12.0. The van der Waals surface area contributed by atoms with Gasteiger partial charge in [-0.25, -0.2) is 0 Å². The topological polar surface area (TPSA) is 68.2 Å². The van der Waals surface area contributed by atoms with Gasteiger partial charge >= 0.3 is 5.97 Å². The highest BCUT2D eigenvalue weighted by Gasteiger charge is 2.25. The Morgan fingerprint density at radius 3 is 2.59 bits per heavy atom. The maximum Gasteiger partial charge on any atom is 0.317 e. The summed E-state index contributed by atoms with van der Waals surface area (Å²) >= 11 is 0. The molecule has 0 bridgehead atoms. The van der Waals surface area contributed by atoms with Crippen molar-refractivity contribution in [2.75, 3.05) is 32.9 Å². The van der Waals surface area contributed by atoms with Crippen LogP contribution in [0.4, 0.5) is 0 Å². The van der Waals surface area contributed by atoms with Crippen LogP contribution in [0.5, 0.6) is 5.75 Å². The molecule has 0 atom stereocenters. The summed E-state index contributed by atoms with van der Waals surface area (Å²) in [5.41, 5.74) is 2.34. The van der Waals surface area contributed by atoms with Crippen molar-refractivity contribution in [1.82, 2.24) is 4.90 Å². The van der Waals surface area contributed by atoms with Crippen molar-refractivity contribution in [3.63, 3.8) is 0 Å². The maximum atomic E-state index is 11.3. The molecule has 6 nitrogen and oxygen atoms in total. The number of fused-ring (bicyclic) bond motifs is 1. The first-order valence-electron chi connectivity index (χ1n) is 12.0.